The number of likely N-dealkylation sites (N-methyl/N-ethyl adjacent to an activating group) is 1. The first-order chi connectivity index (χ1) is 20.0. The van der Waals surface area contributed by atoms with Crippen LogP contribution in [-0.4, -0.2) is 65.0 Å². The van der Waals surface area contributed by atoms with Crippen molar-refractivity contribution in [1.82, 2.24) is 10.2 Å². The highest BCUT2D eigenvalue weighted by molar-refractivity contribution is 7.92. The van der Waals surface area contributed by atoms with Crippen molar-refractivity contribution in [2.75, 3.05) is 38.2 Å². The van der Waals surface area contributed by atoms with Crippen LogP contribution < -0.4 is 19.1 Å². The maximum absolute atomic E-state index is 14.2. The smallest absolute Gasteiger partial charge is 0.264 e. The molecule has 0 spiro atoms. The fraction of sp³-hybridized carbons (Fsp3) is 0.375. The quantitative estimate of drug-likeness (QED) is 0.294. The summed E-state index contributed by atoms with van der Waals surface area (Å²) in [6, 6.07) is 18.6. The number of nitrogens with zero attached hydrogens (tertiary/aromatic N) is 2. The van der Waals surface area contributed by atoms with Crippen molar-refractivity contribution < 1.29 is 27.5 Å². The van der Waals surface area contributed by atoms with Crippen molar-refractivity contribution in [2.45, 2.75) is 51.5 Å². The molecule has 0 heterocycles. The highest BCUT2D eigenvalue weighted by atomic mass is 32.2. The molecule has 10 heteroatoms. The topological polar surface area (TPSA) is 105 Å². The molecule has 3 aromatic carbocycles. The zero-order valence-electron chi connectivity index (χ0n) is 25.2. The van der Waals surface area contributed by atoms with Gasteiger partial charge in [-0.2, -0.15) is 0 Å². The van der Waals surface area contributed by atoms with Crippen molar-refractivity contribution in [2.24, 2.45) is 0 Å². The molecule has 0 bridgehead atoms. The van der Waals surface area contributed by atoms with Crippen LogP contribution in [0.5, 0.6) is 11.5 Å². The Morgan fingerprint density at radius 3 is 2.10 bits per heavy atom. The first-order valence-corrected chi connectivity index (χ1v) is 15.4. The van der Waals surface area contributed by atoms with Gasteiger partial charge in [0.2, 0.25) is 11.8 Å². The van der Waals surface area contributed by atoms with Crippen LogP contribution in [0, 0.1) is 13.8 Å². The third kappa shape index (κ3) is 7.82. The van der Waals surface area contributed by atoms with E-state index < -0.39 is 28.5 Å². The number of rotatable bonds is 14. The van der Waals surface area contributed by atoms with Gasteiger partial charge in [-0.05, 0) is 74.6 Å². The molecule has 0 aliphatic heterocycles. The summed E-state index contributed by atoms with van der Waals surface area (Å²) in [5.74, 6) is -0.128. The summed E-state index contributed by atoms with van der Waals surface area (Å²) >= 11 is 0. The number of hydrogen-bond acceptors (Lipinski definition) is 6. The Balaban J connectivity index is 2.08. The second kappa shape index (κ2) is 14.7. The van der Waals surface area contributed by atoms with E-state index in [1.807, 2.05) is 64.1 Å². The number of ether oxygens (including phenoxy) is 2. The summed E-state index contributed by atoms with van der Waals surface area (Å²) in [6.07, 6.45) is 0.882. The summed E-state index contributed by atoms with van der Waals surface area (Å²) in [7, 11) is -1.36. The molecule has 1 N–H and O–H groups in total. The molecule has 0 saturated heterocycles. The van der Waals surface area contributed by atoms with Crippen LogP contribution in [0.2, 0.25) is 0 Å². The highest BCUT2D eigenvalue weighted by Gasteiger charge is 2.34. The SMILES string of the molecule is CCNC(=O)C(CC)N(CCc1ccccc1)C(=O)CN(c1cc(C)cc(C)c1)S(=O)(=O)c1ccc(OC)c(OC)c1. The molecule has 9 nitrogen and oxygen atoms in total. The van der Waals surface area contributed by atoms with E-state index in [0.29, 0.717) is 30.8 Å². The molecule has 3 aromatic rings. The minimum Gasteiger partial charge on any atom is -0.493 e. The van der Waals surface area contributed by atoms with E-state index in [2.05, 4.69) is 5.32 Å². The molecule has 2 amide bonds. The van der Waals surface area contributed by atoms with Crippen LogP contribution in [0.4, 0.5) is 5.69 Å². The van der Waals surface area contributed by atoms with Crippen LogP contribution in [0.15, 0.2) is 71.6 Å². The Hall–Kier alpha value is -4.05. The standard InChI is InChI=1S/C32H41N3O6S/c1-7-28(32(37)33-8-2)34(17-16-25-12-10-9-11-13-25)31(36)22-35(26-19-23(3)18-24(4)20-26)42(38,39)27-14-15-29(40-5)30(21-27)41-6/h9-15,18-21,28H,7-8,16-17,22H2,1-6H3,(H,33,37). The Kier molecular flexibility index (Phi) is 11.4. The van der Waals surface area contributed by atoms with Crippen LogP contribution in [0.25, 0.3) is 0 Å². The third-order valence-electron chi connectivity index (χ3n) is 6.94. The van der Waals surface area contributed by atoms with Gasteiger partial charge >= 0.3 is 0 Å². The van der Waals surface area contributed by atoms with Crippen molar-refractivity contribution in [1.29, 1.82) is 0 Å². The molecule has 0 fully saturated rings. The number of carbonyl (C=O) groups excluding carboxylic acids is 2. The third-order valence-corrected chi connectivity index (χ3v) is 8.71. The van der Waals surface area contributed by atoms with E-state index in [9.17, 15) is 18.0 Å². The molecule has 42 heavy (non-hydrogen) atoms. The number of benzene rings is 3. The fourth-order valence-electron chi connectivity index (χ4n) is 4.92. The molecule has 0 saturated carbocycles. The van der Waals surface area contributed by atoms with E-state index in [1.54, 1.807) is 12.1 Å². The van der Waals surface area contributed by atoms with Gasteiger partial charge in [0.05, 0.1) is 24.8 Å². The van der Waals surface area contributed by atoms with Crippen molar-refractivity contribution in [3.05, 3.63) is 83.4 Å². The summed E-state index contributed by atoms with van der Waals surface area (Å²) in [5, 5.41) is 2.82. The number of anilines is 1. The normalized spacial score (nSPS) is 11.9. The minimum absolute atomic E-state index is 0.0567. The van der Waals surface area contributed by atoms with E-state index in [4.69, 9.17) is 9.47 Å². The molecule has 0 aromatic heterocycles. The molecular weight excluding hydrogens is 554 g/mol. The largest absolute Gasteiger partial charge is 0.493 e. The van der Waals surface area contributed by atoms with Gasteiger partial charge in [-0.1, -0.05) is 43.3 Å². The lowest BCUT2D eigenvalue weighted by molar-refractivity contribution is -0.139. The predicted octanol–water partition coefficient (Wildman–Crippen LogP) is 4.50. The van der Waals surface area contributed by atoms with Gasteiger partial charge in [0.1, 0.15) is 12.6 Å². The number of methoxy groups -OCH3 is 2. The zero-order chi connectivity index (χ0) is 30.9. The lowest BCUT2D eigenvalue weighted by Crippen LogP contribution is -2.53. The summed E-state index contributed by atoms with van der Waals surface area (Å²) in [5.41, 5.74) is 3.05. The van der Waals surface area contributed by atoms with Crippen LogP contribution in [-0.2, 0) is 26.0 Å². The van der Waals surface area contributed by atoms with Gasteiger partial charge in [-0.25, -0.2) is 8.42 Å². The van der Waals surface area contributed by atoms with E-state index in [0.717, 1.165) is 21.0 Å². The molecule has 0 aliphatic carbocycles. The molecular formula is C32H41N3O6S. The molecule has 0 radical (unpaired) electrons. The predicted molar refractivity (Wildman–Crippen MR) is 165 cm³/mol. The number of sulfonamides is 1. The van der Waals surface area contributed by atoms with E-state index in [-0.39, 0.29) is 23.1 Å². The van der Waals surface area contributed by atoms with E-state index >= 15 is 0 Å². The fourth-order valence-corrected chi connectivity index (χ4v) is 6.33. The van der Waals surface area contributed by atoms with Gasteiger partial charge in [0.25, 0.3) is 10.0 Å². The van der Waals surface area contributed by atoms with E-state index in [1.165, 1.54) is 37.3 Å². The maximum atomic E-state index is 14.2. The van der Waals surface area contributed by atoms with Gasteiger partial charge in [-0.15, -0.1) is 0 Å². The Labute approximate surface area is 249 Å². The first kappa shape index (κ1) is 32.5. The van der Waals surface area contributed by atoms with Crippen LogP contribution in [0.3, 0.4) is 0 Å². The number of carbonyl (C=O) groups is 2. The lowest BCUT2D eigenvalue weighted by Gasteiger charge is -2.33. The average Bonchev–Trinajstić information content (AvgIpc) is 2.97. The number of aryl methyl sites for hydroxylation is 2. The number of hydrogen-bond donors (Lipinski definition) is 1. The first-order valence-electron chi connectivity index (χ1n) is 14.0. The van der Waals surface area contributed by atoms with Crippen molar-refractivity contribution in [3.63, 3.8) is 0 Å². The van der Waals surface area contributed by atoms with Crippen molar-refractivity contribution >= 4 is 27.5 Å². The second-order valence-corrected chi connectivity index (χ2v) is 11.9. The molecule has 0 aliphatic rings. The highest BCUT2D eigenvalue weighted by Crippen LogP contribution is 2.33. The zero-order valence-corrected chi connectivity index (χ0v) is 26.0. The molecule has 1 atom stereocenters. The summed E-state index contributed by atoms with van der Waals surface area (Å²) < 4.78 is 40.2. The van der Waals surface area contributed by atoms with Crippen LogP contribution in [0.1, 0.15) is 37.0 Å². The van der Waals surface area contributed by atoms with Gasteiger partial charge in [0.15, 0.2) is 11.5 Å². The second-order valence-electron chi connectivity index (χ2n) is 10.0. The molecule has 3 rings (SSSR count). The Morgan fingerprint density at radius 1 is 0.881 bits per heavy atom. The number of amides is 2. The molecule has 226 valence electrons. The number of nitrogens with one attached hydrogen (secondary N) is 1. The average molecular weight is 596 g/mol. The van der Waals surface area contributed by atoms with Crippen molar-refractivity contribution in [3.8, 4) is 11.5 Å². The van der Waals surface area contributed by atoms with Gasteiger partial charge in [-0.3, -0.25) is 13.9 Å². The Morgan fingerprint density at radius 2 is 1.52 bits per heavy atom. The minimum atomic E-state index is -4.25. The Bertz CT molecular complexity index is 1460. The van der Waals surface area contributed by atoms with Crippen LogP contribution >= 0.6 is 0 Å². The lowest BCUT2D eigenvalue weighted by atomic mass is 10.1. The molecule has 1 unspecified atom stereocenters. The van der Waals surface area contributed by atoms with Gasteiger partial charge in [0, 0.05) is 19.2 Å². The summed E-state index contributed by atoms with van der Waals surface area (Å²) in [6.45, 7) is 7.56. The summed E-state index contributed by atoms with van der Waals surface area (Å²) in [4.78, 5) is 28.6. The van der Waals surface area contributed by atoms with Gasteiger partial charge < -0.3 is 19.7 Å². The monoisotopic (exact) mass is 595 g/mol. The maximum Gasteiger partial charge on any atom is 0.264 e.